The minimum atomic E-state index is 0.924. The van der Waals surface area contributed by atoms with E-state index in [4.69, 9.17) is 0 Å². The molecule has 0 atom stereocenters. The third kappa shape index (κ3) is 4.27. The zero-order chi connectivity index (χ0) is 9.56. The second kappa shape index (κ2) is 6.67. The lowest BCUT2D eigenvalue weighted by molar-refractivity contribution is 1.35. The number of rotatable bonds is 1. The van der Waals surface area contributed by atoms with E-state index < -0.39 is 0 Å². The summed E-state index contributed by atoms with van der Waals surface area (Å²) in [6.45, 7) is 6.09. The third-order valence-corrected chi connectivity index (χ3v) is 2.36. The Labute approximate surface area is 91.6 Å². The molecular weight excluding hydrogens is 280 g/mol. The van der Waals surface area contributed by atoms with Gasteiger partial charge in [0.1, 0.15) is 0 Å². The van der Waals surface area contributed by atoms with E-state index in [1.807, 2.05) is 13.8 Å². The average molecular weight is 294 g/mol. The van der Waals surface area contributed by atoms with Crippen molar-refractivity contribution in [1.82, 2.24) is 0 Å². The van der Waals surface area contributed by atoms with Gasteiger partial charge in [0, 0.05) is 9.80 Å². The van der Waals surface area contributed by atoms with E-state index in [0.29, 0.717) is 0 Å². The second-order valence-electron chi connectivity index (χ2n) is 2.27. The Balaban J connectivity index is 0.000000561. The zero-order valence-corrected chi connectivity index (χ0v) is 10.9. The van der Waals surface area contributed by atoms with Crippen LogP contribution in [0.15, 0.2) is 22.7 Å². The van der Waals surface area contributed by atoms with Crippen LogP contribution in [0.2, 0.25) is 0 Å². The van der Waals surface area contributed by atoms with Crippen LogP contribution in [0.1, 0.15) is 25.0 Å². The Morgan fingerprint density at radius 3 is 2.17 bits per heavy atom. The first kappa shape index (κ1) is 12.2. The molecule has 0 amide bonds. The molecule has 0 aliphatic carbocycles. The van der Waals surface area contributed by atoms with Gasteiger partial charge in [-0.25, -0.2) is 0 Å². The first-order valence-corrected chi connectivity index (χ1v) is 5.96. The van der Waals surface area contributed by atoms with E-state index in [0.717, 1.165) is 9.80 Å². The molecule has 0 unspecified atom stereocenters. The van der Waals surface area contributed by atoms with E-state index in [9.17, 15) is 0 Å². The molecule has 0 saturated heterocycles. The van der Waals surface area contributed by atoms with E-state index in [1.165, 1.54) is 11.1 Å². The highest BCUT2D eigenvalue weighted by molar-refractivity contribution is 9.10. The van der Waals surface area contributed by atoms with Gasteiger partial charge < -0.3 is 0 Å². The Morgan fingerprint density at radius 2 is 1.75 bits per heavy atom. The van der Waals surface area contributed by atoms with Gasteiger partial charge in [-0.05, 0) is 30.2 Å². The summed E-state index contributed by atoms with van der Waals surface area (Å²) in [5, 5.41) is 0.924. The molecule has 0 spiro atoms. The first-order valence-electron chi connectivity index (χ1n) is 4.04. The molecule has 0 radical (unpaired) electrons. The summed E-state index contributed by atoms with van der Waals surface area (Å²) in [4.78, 5) is 0. The maximum absolute atomic E-state index is 3.43. The Bertz CT molecular complexity index is 211. The minimum Gasteiger partial charge on any atom is -0.0876 e. The molecule has 0 bridgehead atoms. The van der Waals surface area contributed by atoms with E-state index >= 15 is 0 Å². The van der Waals surface area contributed by atoms with E-state index in [2.05, 4.69) is 57.0 Å². The summed E-state index contributed by atoms with van der Waals surface area (Å²) < 4.78 is 1.15. The lowest BCUT2D eigenvalue weighted by atomic mass is 10.2. The third-order valence-electron chi connectivity index (χ3n) is 1.26. The number of alkyl halides is 1. The van der Waals surface area contributed by atoms with Gasteiger partial charge in [0.15, 0.2) is 0 Å². The molecule has 0 saturated carbocycles. The molecule has 0 nitrogen and oxygen atoms in total. The molecule has 0 N–H and O–H groups in total. The predicted molar refractivity (Wildman–Crippen MR) is 62.9 cm³/mol. The standard InChI is InChI=1S/C8H8Br2.C2H6/c1-6-2-7(5-9)4-8(10)3-6;1-2/h2-4H,5H2,1H3;1-2H3. The van der Waals surface area contributed by atoms with Crippen molar-refractivity contribution in [3.8, 4) is 0 Å². The number of aryl methyl sites for hydroxylation is 1. The number of hydrogen-bond acceptors (Lipinski definition) is 0. The molecule has 1 aromatic carbocycles. The van der Waals surface area contributed by atoms with Crippen molar-refractivity contribution in [1.29, 1.82) is 0 Å². The SMILES string of the molecule is CC.Cc1cc(Br)cc(CBr)c1. The normalized spacial score (nSPS) is 8.75. The van der Waals surface area contributed by atoms with Crippen LogP contribution >= 0.6 is 31.9 Å². The van der Waals surface area contributed by atoms with Gasteiger partial charge in [-0.3, -0.25) is 0 Å². The second-order valence-corrected chi connectivity index (χ2v) is 3.75. The summed E-state index contributed by atoms with van der Waals surface area (Å²) >= 11 is 6.84. The topological polar surface area (TPSA) is 0 Å². The van der Waals surface area contributed by atoms with Gasteiger partial charge in [0.05, 0.1) is 0 Å². The number of benzene rings is 1. The molecule has 2 heteroatoms. The predicted octanol–water partition coefficient (Wildman–Crippen LogP) is 4.68. The molecule has 68 valence electrons. The van der Waals surface area contributed by atoms with Crippen LogP contribution in [0.4, 0.5) is 0 Å². The van der Waals surface area contributed by atoms with Crippen molar-refractivity contribution < 1.29 is 0 Å². The molecule has 0 aromatic heterocycles. The monoisotopic (exact) mass is 292 g/mol. The van der Waals surface area contributed by atoms with Crippen molar-refractivity contribution >= 4 is 31.9 Å². The summed E-state index contributed by atoms with van der Waals surface area (Å²) in [6.07, 6.45) is 0. The zero-order valence-electron chi connectivity index (χ0n) is 7.70. The molecule has 1 rings (SSSR count). The smallest absolute Gasteiger partial charge is 0.0283 e. The van der Waals surface area contributed by atoms with Gasteiger partial charge in [-0.15, -0.1) is 0 Å². The van der Waals surface area contributed by atoms with Crippen LogP contribution < -0.4 is 0 Å². The molecule has 0 aliphatic rings. The van der Waals surface area contributed by atoms with Gasteiger partial charge >= 0.3 is 0 Å². The maximum Gasteiger partial charge on any atom is 0.0283 e. The molecular formula is C10H14Br2. The first-order chi connectivity index (χ1) is 5.72. The molecule has 1 aromatic rings. The number of hydrogen-bond donors (Lipinski definition) is 0. The molecule has 0 aliphatic heterocycles. The van der Waals surface area contributed by atoms with Crippen molar-refractivity contribution in [2.75, 3.05) is 0 Å². The largest absolute Gasteiger partial charge is 0.0876 e. The Kier molecular flexibility index (Phi) is 6.77. The van der Waals surface area contributed by atoms with Crippen LogP contribution in [0.3, 0.4) is 0 Å². The fourth-order valence-corrected chi connectivity index (χ4v) is 1.87. The minimum absolute atomic E-state index is 0.924. The van der Waals surface area contributed by atoms with Gasteiger partial charge in [-0.2, -0.15) is 0 Å². The Morgan fingerprint density at radius 1 is 1.17 bits per heavy atom. The van der Waals surface area contributed by atoms with E-state index in [-0.39, 0.29) is 0 Å². The van der Waals surface area contributed by atoms with Gasteiger partial charge in [0.2, 0.25) is 0 Å². The fourth-order valence-electron chi connectivity index (χ4n) is 0.889. The summed E-state index contributed by atoms with van der Waals surface area (Å²) in [5.74, 6) is 0. The molecule has 0 fully saturated rings. The Hall–Kier alpha value is 0.180. The van der Waals surface area contributed by atoms with E-state index in [1.54, 1.807) is 0 Å². The lowest BCUT2D eigenvalue weighted by Gasteiger charge is -1.98. The summed E-state index contributed by atoms with van der Waals surface area (Å²) in [6, 6.07) is 6.38. The van der Waals surface area contributed by atoms with Crippen LogP contribution in [0.25, 0.3) is 0 Å². The summed E-state index contributed by atoms with van der Waals surface area (Å²) in [5.41, 5.74) is 2.61. The van der Waals surface area contributed by atoms with Crippen molar-refractivity contribution in [2.45, 2.75) is 26.1 Å². The lowest BCUT2D eigenvalue weighted by Crippen LogP contribution is -1.79. The van der Waals surface area contributed by atoms with Crippen molar-refractivity contribution in [3.63, 3.8) is 0 Å². The van der Waals surface area contributed by atoms with Crippen molar-refractivity contribution in [2.24, 2.45) is 0 Å². The van der Waals surface area contributed by atoms with Crippen molar-refractivity contribution in [3.05, 3.63) is 33.8 Å². The van der Waals surface area contributed by atoms with Crippen LogP contribution in [-0.2, 0) is 5.33 Å². The average Bonchev–Trinajstić information content (AvgIpc) is 2.06. The molecule has 12 heavy (non-hydrogen) atoms. The van der Waals surface area contributed by atoms with Crippen LogP contribution in [-0.4, -0.2) is 0 Å². The highest BCUT2D eigenvalue weighted by Gasteiger charge is 1.93. The highest BCUT2D eigenvalue weighted by Crippen LogP contribution is 2.16. The van der Waals surface area contributed by atoms with Gasteiger partial charge in [0.25, 0.3) is 0 Å². The van der Waals surface area contributed by atoms with Crippen LogP contribution in [0.5, 0.6) is 0 Å². The maximum atomic E-state index is 3.43. The number of halogens is 2. The fraction of sp³-hybridized carbons (Fsp3) is 0.400. The summed E-state index contributed by atoms with van der Waals surface area (Å²) in [7, 11) is 0. The van der Waals surface area contributed by atoms with Crippen LogP contribution in [0, 0.1) is 6.92 Å². The highest BCUT2D eigenvalue weighted by atomic mass is 79.9. The quantitative estimate of drug-likeness (QED) is 0.660. The molecule has 0 heterocycles. The van der Waals surface area contributed by atoms with Gasteiger partial charge in [-0.1, -0.05) is 51.8 Å².